The Bertz CT molecular complexity index is 984. The van der Waals surface area contributed by atoms with Crippen LogP contribution in [0.3, 0.4) is 0 Å². The van der Waals surface area contributed by atoms with Gasteiger partial charge in [0, 0.05) is 35.7 Å². The maximum absolute atomic E-state index is 11.2. The predicted molar refractivity (Wildman–Crippen MR) is 110 cm³/mol. The zero-order valence-electron chi connectivity index (χ0n) is 15.9. The van der Waals surface area contributed by atoms with Gasteiger partial charge in [-0.3, -0.25) is 4.79 Å². The van der Waals surface area contributed by atoms with E-state index in [1.54, 1.807) is 0 Å². The van der Waals surface area contributed by atoms with Gasteiger partial charge < -0.3 is 16.0 Å². The van der Waals surface area contributed by atoms with Gasteiger partial charge in [0.15, 0.2) is 0 Å². The average Bonchev–Trinajstić information content (AvgIpc) is 2.56. The number of nitrogens with one attached hydrogen (secondary N) is 3. The lowest BCUT2D eigenvalue weighted by Gasteiger charge is -2.12. The van der Waals surface area contributed by atoms with Crippen LogP contribution in [0.5, 0.6) is 0 Å². The first-order valence-electron chi connectivity index (χ1n) is 8.74. The van der Waals surface area contributed by atoms with Crippen LogP contribution in [0.2, 0.25) is 0 Å². The highest BCUT2D eigenvalue weighted by atomic mass is 16.1. The maximum Gasteiger partial charge on any atom is 0.229 e. The van der Waals surface area contributed by atoms with Gasteiger partial charge in [0.05, 0.1) is 0 Å². The summed E-state index contributed by atoms with van der Waals surface area (Å²) in [6.07, 6.45) is 0. The van der Waals surface area contributed by atoms with Gasteiger partial charge >= 0.3 is 0 Å². The molecule has 0 radical (unpaired) electrons. The minimum absolute atomic E-state index is 0.106. The Morgan fingerprint density at radius 1 is 0.889 bits per heavy atom. The summed E-state index contributed by atoms with van der Waals surface area (Å²) < 4.78 is 0. The van der Waals surface area contributed by atoms with Gasteiger partial charge in [-0.05, 0) is 50.6 Å². The Morgan fingerprint density at radius 2 is 1.67 bits per heavy atom. The van der Waals surface area contributed by atoms with Crippen LogP contribution in [0.25, 0.3) is 0 Å². The number of aryl methyl sites for hydroxylation is 3. The Hall–Kier alpha value is -3.41. The highest BCUT2D eigenvalue weighted by molar-refractivity contribution is 5.89. The second-order valence-corrected chi connectivity index (χ2v) is 6.55. The van der Waals surface area contributed by atoms with E-state index < -0.39 is 0 Å². The third-order valence-corrected chi connectivity index (χ3v) is 3.94. The summed E-state index contributed by atoms with van der Waals surface area (Å²) in [6.45, 7) is 7.53. The molecule has 3 rings (SSSR count). The molecule has 0 fully saturated rings. The van der Waals surface area contributed by atoms with Crippen molar-refractivity contribution in [3.05, 3.63) is 65.4 Å². The molecule has 3 N–H and O–H groups in total. The number of hydrogen-bond acceptors (Lipinski definition) is 5. The minimum atomic E-state index is -0.106. The second kappa shape index (κ2) is 7.86. The molecule has 138 valence electrons. The van der Waals surface area contributed by atoms with E-state index in [1.165, 1.54) is 12.5 Å². The lowest BCUT2D eigenvalue weighted by molar-refractivity contribution is -0.114. The molecule has 0 atom stereocenters. The van der Waals surface area contributed by atoms with Crippen molar-refractivity contribution in [3.8, 4) is 0 Å². The largest absolute Gasteiger partial charge is 0.340 e. The molecule has 6 heteroatoms. The van der Waals surface area contributed by atoms with Crippen molar-refractivity contribution in [1.29, 1.82) is 0 Å². The highest BCUT2D eigenvalue weighted by Crippen LogP contribution is 2.23. The fourth-order valence-corrected chi connectivity index (χ4v) is 2.79. The van der Waals surface area contributed by atoms with Crippen molar-refractivity contribution in [2.45, 2.75) is 27.7 Å². The molecule has 0 aliphatic rings. The summed E-state index contributed by atoms with van der Waals surface area (Å²) in [5, 5.41) is 9.32. The number of carbonyl (C=O) groups excluding carboxylic acids is 1. The lowest BCUT2D eigenvalue weighted by atomic mass is 10.1. The fourth-order valence-electron chi connectivity index (χ4n) is 2.79. The summed E-state index contributed by atoms with van der Waals surface area (Å²) in [4.78, 5) is 20.3. The molecule has 6 nitrogen and oxygen atoms in total. The number of amides is 1. The van der Waals surface area contributed by atoms with Crippen molar-refractivity contribution in [3.63, 3.8) is 0 Å². The summed E-state index contributed by atoms with van der Waals surface area (Å²) in [5.74, 6) is 1.10. The Morgan fingerprint density at radius 3 is 2.41 bits per heavy atom. The molecule has 0 spiro atoms. The maximum atomic E-state index is 11.2. The summed E-state index contributed by atoms with van der Waals surface area (Å²) in [7, 11) is 0. The van der Waals surface area contributed by atoms with Crippen LogP contribution in [0, 0.1) is 20.8 Å². The van der Waals surface area contributed by atoms with Gasteiger partial charge in [-0.2, -0.15) is 4.98 Å². The van der Waals surface area contributed by atoms with E-state index in [2.05, 4.69) is 51.9 Å². The van der Waals surface area contributed by atoms with E-state index in [0.29, 0.717) is 11.8 Å². The Balaban J connectivity index is 1.82. The van der Waals surface area contributed by atoms with Crippen molar-refractivity contribution in [2.24, 2.45) is 0 Å². The van der Waals surface area contributed by atoms with Crippen LogP contribution in [0.1, 0.15) is 23.7 Å². The van der Waals surface area contributed by atoms with Gasteiger partial charge in [0.1, 0.15) is 5.82 Å². The first kappa shape index (κ1) is 18.4. The van der Waals surface area contributed by atoms with Crippen molar-refractivity contribution >= 4 is 34.7 Å². The number of benzene rings is 2. The lowest BCUT2D eigenvalue weighted by Crippen LogP contribution is -2.06. The highest BCUT2D eigenvalue weighted by Gasteiger charge is 2.06. The minimum Gasteiger partial charge on any atom is -0.340 e. The van der Waals surface area contributed by atoms with Gasteiger partial charge in [-0.25, -0.2) is 4.98 Å². The second-order valence-electron chi connectivity index (χ2n) is 6.55. The van der Waals surface area contributed by atoms with Crippen molar-refractivity contribution in [1.82, 2.24) is 9.97 Å². The number of hydrogen-bond donors (Lipinski definition) is 3. The molecule has 2 aromatic carbocycles. The number of aromatic nitrogens is 2. The standard InChI is InChI=1S/C21H23N5O/c1-13-8-9-19(14(2)10-13)25-21-22-15(3)11-20(26-21)24-18-7-5-6-17(12-18)23-16(4)27/h5-12H,1-4H3,(H,23,27)(H2,22,24,25,26). The van der Waals surface area contributed by atoms with E-state index in [-0.39, 0.29) is 5.91 Å². The van der Waals surface area contributed by atoms with Crippen molar-refractivity contribution < 1.29 is 4.79 Å². The molecule has 0 unspecified atom stereocenters. The molecule has 27 heavy (non-hydrogen) atoms. The monoisotopic (exact) mass is 361 g/mol. The first-order valence-corrected chi connectivity index (χ1v) is 8.74. The van der Waals surface area contributed by atoms with Gasteiger partial charge in [0.2, 0.25) is 11.9 Å². The van der Waals surface area contributed by atoms with E-state index in [9.17, 15) is 4.79 Å². The molecular weight excluding hydrogens is 338 g/mol. The summed E-state index contributed by atoms with van der Waals surface area (Å²) >= 11 is 0. The molecular formula is C21H23N5O. The normalized spacial score (nSPS) is 10.4. The van der Waals surface area contributed by atoms with E-state index in [1.807, 2.05) is 43.3 Å². The first-order chi connectivity index (χ1) is 12.9. The number of nitrogens with zero attached hydrogens (tertiary/aromatic N) is 2. The van der Waals surface area contributed by atoms with E-state index in [4.69, 9.17) is 0 Å². The third-order valence-electron chi connectivity index (χ3n) is 3.94. The summed E-state index contributed by atoms with van der Waals surface area (Å²) in [6, 6.07) is 15.6. The van der Waals surface area contributed by atoms with Gasteiger partial charge in [-0.15, -0.1) is 0 Å². The van der Waals surface area contributed by atoms with Gasteiger partial charge in [0.25, 0.3) is 0 Å². The molecule has 0 aliphatic heterocycles. The van der Waals surface area contributed by atoms with E-state index >= 15 is 0 Å². The number of anilines is 5. The average molecular weight is 361 g/mol. The molecule has 3 aromatic rings. The Labute approximate surface area is 159 Å². The molecule has 0 bridgehead atoms. The Kier molecular flexibility index (Phi) is 5.35. The predicted octanol–water partition coefficient (Wildman–Crippen LogP) is 4.85. The molecule has 0 saturated carbocycles. The number of carbonyl (C=O) groups is 1. The van der Waals surface area contributed by atoms with Crippen molar-refractivity contribution in [2.75, 3.05) is 16.0 Å². The van der Waals surface area contributed by atoms with Gasteiger partial charge in [-0.1, -0.05) is 23.8 Å². The van der Waals surface area contributed by atoms with Crippen LogP contribution < -0.4 is 16.0 Å². The molecule has 1 amide bonds. The number of rotatable bonds is 5. The molecule has 1 aromatic heterocycles. The zero-order valence-corrected chi connectivity index (χ0v) is 15.9. The van der Waals surface area contributed by atoms with Crippen LogP contribution in [0.15, 0.2) is 48.5 Å². The molecule has 0 aliphatic carbocycles. The summed E-state index contributed by atoms with van der Waals surface area (Å²) in [5.41, 5.74) is 5.73. The third kappa shape index (κ3) is 5.04. The van der Waals surface area contributed by atoms with Crippen LogP contribution in [-0.2, 0) is 4.79 Å². The van der Waals surface area contributed by atoms with E-state index in [0.717, 1.165) is 28.3 Å². The topological polar surface area (TPSA) is 78.9 Å². The quantitative estimate of drug-likeness (QED) is 0.605. The fraction of sp³-hybridized carbons (Fsp3) is 0.190. The SMILES string of the molecule is CC(=O)Nc1cccc(Nc2cc(C)nc(Nc3ccc(C)cc3C)n2)c1. The molecule has 1 heterocycles. The zero-order chi connectivity index (χ0) is 19.4. The molecule has 0 saturated heterocycles. The van der Waals surface area contributed by atoms with Crippen LogP contribution >= 0.6 is 0 Å². The smallest absolute Gasteiger partial charge is 0.229 e. The van der Waals surface area contributed by atoms with Crippen LogP contribution in [-0.4, -0.2) is 15.9 Å². The van der Waals surface area contributed by atoms with Crippen LogP contribution in [0.4, 0.5) is 28.8 Å².